The van der Waals surface area contributed by atoms with Gasteiger partial charge in [0.05, 0.1) is 6.20 Å². The maximum absolute atomic E-state index is 14.2. The van der Waals surface area contributed by atoms with E-state index in [1.807, 2.05) is 0 Å². The lowest BCUT2D eigenvalue weighted by Gasteiger charge is -2.24. The number of hydrogen-bond donors (Lipinski definition) is 2. The van der Waals surface area contributed by atoms with Gasteiger partial charge in [-0.15, -0.1) is 12.4 Å². The molecule has 0 radical (unpaired) electrons. The minimum atomic E-state index is -0.510. The molecule has 0 aromatic carbocycles. The minimum absolute atomic E-state index is 0. The van der Waals surface area contributed by atoms with Gasteiger partial charge in [0.1, 0.15) is 34.7 Å². The Bertz CT molecular complexity index is 1000. The molecule has 1 saturated heterocycles. The van der Waals surface area contributed by atoms with E-state index in [0.717, 1.165) is 25.9 Å². The van der Waals surface area contributed by atoms with Crippen molar-refractivity contribution < 1.29 is 13.9 Å². The molecular weight excluding hydrogens is 409 g/mol. The molecule has 1 amide bonds. The van der Waals surface area contributed by atoms with Crippen LogP contribution in [0.1, 0.15) is 23.3 Å². The number of hydrogen-bond acceptors (Lipinski definition) is 6. The molecule has 9 heteroatoms. The summed E-state index contributed by atoms with van der Waals surface area (Å²) in [6.07, 6.45) is 8.10. The van der Waals surface area contributed by atoms with E-state index in [1.165, 1.54) is 18.3 Å². The lowest BCUT2D eigenvalue weighted by molar-refractivity contribution is 0.102. The monoisotopic (exact) mass is 429 g/mol. The second-order valence-corrected chi connectivity index (χ2v) is 6.66. The van der Waals surface area contributed by atoms with Crippen LogP contribution >= 0.6 is 12.4 Å². The molecule has 7 nitrogen and oxygen atoms in total. The first kappa shape index (κ1) is 21.6. The van der Waals surface area contributed by atoms with Gasteiger partial charge in [0, 0.05) is 30.2 Å². The molecule has 4 rings (SSSR count). The van der Waals surface area contributed by atoms with Gasteiger partial charge in [0.25, 0.3) is 5.91 Å². The number of anilines is 1. The maximum Gasteiger partial charge on any atom is 0.274 e. The van der Waals surface area contributed by atoms with Crippen molar-refractivity contribution in [2.24, 2.45) is 0 Å². The van der Waals surface area contributed by atoms with Gasteiger partial charge in [0.15, 0.2) is 0 Å². The number of piperidine rings is 1. The van der Waals surface area contributed by atoms with Crippen molar-refractivity contribution in [2.45, 2.75) is 18.9 Å². The molecule has 4 heterocycles. The van der Waals surface area contributed by atoms with Crippen LogP contribution in [-0.2, 0) is 0 Å². The van der Waals surface area contributed by atoms with Crippen molar-refractivity contribution in [3.05, 3.63) is 66.6 Å². The summed E-state index contributed by atoms with van der Waals surface area (Å²) in [5.74, 6) is -0.427. The molecular formula is C21H21ClFN5O2. The Hall–Kier alpha value is -3.10. The molecule has 156 valence electrons. The van der Waals surface area contributed by atoms with Crippen LogP contribution in [0.25, 0.3) is 11.3 Å². The van der Waals surface area contributed by atoms with Crippen molar-refractivity contribution in [3.8, 4) is 17.0 Å². The van der Waals surface area contributed by atoms with Crippen LogP contribution in [0.2, 0.25) is 0 Å². The molecule has 0 aliphatic carbocycles. The fourth-order valence-corrected chi connectivity index (χ4v) is 3.14. The van der Waals surface area contributed by atoms with Gasteiger partial charge in [-0.1, -0.05) is 0 Å². The van der Waals surface area contributed by atoms with Gasteiger partial charge in [-0.25, -0.2) is 9.37 Å². The fourth-order valence-electron chi connectivity index (χ4n) is 3.14. The Kier molecular flexibility index (Phi) is 7.26. The van der Waals surface area contributed by atoms with E-state index >= 15 is 0 Å². The van der Waals surface area contributed by atoms with E-state index < -0.39 is 11.7 Å². The van der Waals surface area contributed by atoms with Gasteiger partial charge >= 0.3 is 0 Å². The molecule has 3 aromatic heterocycles. The normalized spacial score (nSPS) is 13.9. The van der Waals surface area contributed by atoms with E-state index in [-0.39, 0.29) is 29.9 Å². The third kappa shape index (κ3) is 5.08. The number of ether oxygens (including phenoxy) is 1. The van der Waals surface area contributed by atoms with Gasteiger partial charge in [0.2, 0.25) is 0 Å². The summed E-state index contributed by atoms with van der Waals surface area (Å²) >= 11 is 0. The molecule has 0 bridgehead atoms. The molecule has 0 unspecified atom stereocenters. The largest absolute Gasteiger partial charge is 0.488 e. The third-order valence-electron chi connectivity index (χ3n) is 4.64. The summed E-state index contributed by atoms with van der Waals surface area (Å²) < 4.78 is 20.3. The van der Waals surface area contributed by atoms with Crippen molar-refractivity contribution >= 4 is 24.0 Å². The first-order valence-electron chi connectivity index (χ1n) is 9.40. The number of rotatable bonds is 5. The lowest BCUT2D eigenvalue weighted by Crippen LogP contribution is -2.34. The third-order valence-corrected chi connectivity index (χ3v) is 4.64. The van der Waals surface area contributed by atoms with E-state index in [4.69, 9.17) is 4.74 Å². The zero-order chi connectivity index (χ0) is 20.1. The van der Waals surface area contributed by atoms with Gasteiger partial charge in [-0.05, 0) is 50.2 Å². The molecule has 0 saturated carbocycles. The second kappa shape index (κ2) is 10.1. The van der Waals surface area contributed by atoms with E-state index in [1.54, 1.807) is 36.8 Å². The average molecular weight is 430 g/mol. The molecule has 1 fully saturated rings. The lowest BCUT2D eigenvalue weighted by atomic mass is 10.1. The standard InChI is InChI=1S/C21H20FN5O2.ClH/c22-16-1-2-17(26-20(16)14-3-8-23-9-4-14)21(28)27-18-13-25-12-7-19(18)29-15-5-10-24-11-6-15;/h1-4,7-9,12-13,15,24H,5-6,10-11H2,(H,27,28);1H. The first-order valence-corrected chi connectivity index (χ1v) is 9.40. The smallest absolute Gasteiger partial charge is 0.274 e. The van der Waals surface area contributed by atoms with Crippen LogP contribution in [0.4, 0.5) is 10.1 Å². The average Bonchev–Trinajstić information content (AvgIpc) is 2.77. The van der Waals surface area contributed by atoms with E-state index in [2.05, 4.69) is 25.6 Å². The highest BCUT2D eigenvalue weighted by Crippen LogP contribution is 2.26. The predicted octanol–water partition coefficient (Wildman–Crippen LogP) is 3.48. The van der Waals surface area contributed by atoms with Crippen molar-refractivity contribution in [1.82, 2.24) is 20.3 Å². The summed E-state index contributed by atoms with van der Waals surface area (Å²) in [5.41, 5.74) is 1.18. The number of pyridine rings is 3. The Labute approximate surface area is 179 Å². The predicted molar refractivity (Wildman–Crippen MR) is 113 cm³/mol. The number of carbonyl (C=O) groups is 1. The minimum Gasteiger partial charge on any atom is -0.488 e. The summed E-state index contributed by atoms with van der Waals surface area (Å²) in [6.45, 7) is 1.80. The molecule has 3 aromatic rings. The van der Waals surface area contributed by atoms with Crippen LogP contribution < -0.4 is 15.4 Å². The van der Waals surface area contributed by atoms with Crippen molar-refractivity contribution in [3.63, 3.8) is 0 Å². The Morgan fingerprint density at radius 1 is 1.07 bits per heavy atom. The van der Waals surface area contributed by atoms with Crippen LogP contribution in [-0.4, -0.2) is 40.1 Å². The second-order valence-electron chi connectivity index (χ2n) is 6.66. The van der Waals surface area contributed by atoms with Crippen LogP contribution in [0.5, 0.6) is 5.75 Å². The highest BCUT2D eigenvalue weighted by molar-refractivity contribution is 6.03. The zero-order valence-corrected chi connectivity index (χ0v) is 16.9. The molecule has 1 aliphatic rings. The van der Waals surface area contributed by atoms with Crippen LogP contribution in [0.15, 0.2) is 55.1 Å². The van der Waals surface area contributed by atoms with Crippen LogP contribution in [0, 0.1) is 5.82 Å². The number of carbonyl (C=O) groups excluding carboxylic acids is 1. The number of halogens is 2. The quantitative estimate of drug-likeness (QED) is 0.645. The van der Waals surface area contributed by atoms with E-state index in [9.17, 15) is 9.18 Å². The summed E-state index contributed by atoms with van der Waals surface area (Å²) in [4.78, 5) is 24.9. The summed E-state index contributed by atoms with van der Waals surface area (Å²) in [7, 11) is 0. The van der Waals surface area contributed by atoms with Crippen molar-refractivity contribution in [2.75, 3.05) is 18.4 Å². The highest BCUT2D eigenvalue weighted by atomic mass is 35.5. The van der Waals surface area contributed by atoms with Gasteiger partial charge in [-0.3, -0.25) is 14.8 Å². The van der Waals surface area contributed by atoms with Gasteiger partial charge in [-0.2, -0.15) is 0 Å². The molecule has 1 aliphatic heterocycles. The Morgan fingerprint density at radius 2 is 1.80 bits per heavy atom. The molecule has 0 spiro atoms. The zero-order valence-electron chi connectivity index (χ0n) is 16.0. The number of nitrogens with one attached hydrogen (secondary N) is 2. The number of amides is 1. The summed E-state index contributed by atoms with van der Waals surface area (Å²) in [5, 5.41) is 6.06. The first-order chi connectivity index (χ1) is 14.2. The van der Waals surface area contributed by atoms with E-state index in [0.29, 0.717) is 17.0 Å². The maximum atomic E-state index is 14.2. The summed E-state index contributed by atoms with van der Waals surface area (Å²) in [6, 6.07) is 7.57. The Balaban J connectivity index is 0.00000256. The molecule has 0 atom stereocenters. The SMILES string of the molecule is Cl.O=C(Nc1cnccc1OC1CCNCC1)c1ccc(F)c(-c2ccncc2)n1. The fraction of sp³-hybridized carbons (Fsp3) is 0.238. The number of nitrogens with zero attached hydrogens (tertiary/aromatic N) is 3. The van der Waals surface area contributed by atoms with Crippen molar-refractivity contribution in [1.29, 1.82) is 0 Å². The number of aromatic nitrogens is 3. The molecule has 30 heavy (non-hydrogen) atoms. The van der Waals surface area contributed by atoms with Crippen LogP contribution in [0.3, 0.4) is 0 Å². The Morgan fingerprint density at radius 3 is 2.57 bits per heavy atom. The molecule has 2 N–H and O–H groups in total. The topological polar surface area (TPSA) is 89.0 Å². The van der Waals surface area contributed by atoms with Gasteiger partial charge < -0.3 is 15.4 Å². The highest BCUT2D eigenvalue weighted by Gasteiger charge is 2.18.